The van der Waals surface area contributed by atoms with E-state index in [1.807, 2.05) is 0 Å². The van der Waals surface area contributed by atoms with Crippen molar-refractivity contribution in [1.82, 2.24) is 9.97 Å². The molecule has 1 aliphatic carbocycles. The van der Waals surface area contributed by atoms with Gasteiger partial charge in [0.15, 0.2) is 0 Å². The van der Waals surface area contributed by atoms with Gasteiger partial charge in [0.25, 0.3) is 0 Å². The Morgan fingerprint density at radius 2 is 1.91 bits per heavy atom. The van der Waals surface area contributed by atoms with Crippen molar-refractivity contribution in [2.75, 3.05) is 11.1 Å². The first-order valence-corrected chi connectivity index (χ1v) is 11.3. The molecule has 0 aliphatic heterocycles. The number of aldehydes is 1. The average molecular weight is 480 g/mol. The molecule has 1 aliphatic rings. The van der Waals surface area contributed by atoms with E-state index in [9.17, 15) is 23.2 Å². The van der Waals surface area contributed by atoms with Crippen LogP contribution in [0.1, 0.15) is 47.2 Å². The second kappa shape index (κ2) is 9.74. The van der Waals surface area contributed by atoms with Gasteiger partial charge in [0.1, 0.15) is 6.29 Å². The largest absolute Gasteiger partial charge is 0.416 e. The van der Waals surface area contributed by atoms with Crippen molar-refractivity contribution < 1.29 is 18.0 Å². The van der Waals surface area contributed by atoms with E-state index in [2.05, 4.69) is 21.4 Å². The molecule has 6 nitrogen and oxygen atoms in total. The van der Waals surface area contributed by atoms with E-state index in [1.165, 1.54) is 6.07 Å². The standard InChI is InChI=1S/C26H24F3N5O/c27-26(28,29)19-3-6-22(25(16-30)10-1-11-25)17(14-19)2-4-20-8-12-32-24(33-20)34-21-5-7-23(31)18(15-21)9-13-35/h3,5-8,12-15H,1-2,4,9-11,31H2,(H,32,33,34). The van der Waals surface area contributed by atoms with E-state index < -0.39 is 17.2 Å². The van der Waals surface area contributed by atoms with Crippen LogP contribution >= 0.6 is 0 Å². The Bertz CT molecular complexity index is 1280. The lowest BCUT2D eigenvalue weighted by Gasteiger charge is -2.37. The van der Waals surface area contributed by atoms with Gasteiger partial charge in [-0.05, 0) is 85.2 Å². The van der Waals surface area contributed by atoms with Gasteiger partial charge in [-0.25, -0.2) is 9.97 Å². The zero-order valence-electron chi connectivity index (χ0n) is 18.9. The predicted molar refractivity (Wildman–Crippen MR) is 126 cm³/mol. The molecule has 0 saturated heterocycles. The van der Waals surface area contributed by atoms with Crippen LogP contribution in [0.25, 0.3) is 0 Å². The molecular formula is C26H24F3N5O. The van der Waals surface area contributed by atoms with Crippen LogP contribution < -0.4 is 11.1 Å². The normalized spacial score (nSPS) is 14.6. The first-order valence-electron chi connectivity index (χ1n) is 11.3. The predicted octanol–water partition coefficient (Wildman–Crippen LogP) is 5.29. The van der Waals surface area contributed by atoms with Crippen molar-refractivity contribution in [1.29, 1.82) is 5.26 Å². The number of carbonyl (C=O) groups is 1. The number of nitrogen functional groups attached to an aromatic ring is 1. The molecule has 1 heterocycles. The minimum atomic E-state index is -4.46. The van der Waals surface area contributed by atoms with Gasteiger partial charge >= 0.3 is 6.18 Å². The lowest BCUT2D eigenvalue weighted by Crippen LogP contribution is -2.33. The van der Waals surface area contributed by atoms with Crippen molar-refractivity contribution >= 4 is 23.6 Å². The molecule has 0 radical (unpaired) electrons. The first-order chi connectivity index (χ1) is 16.7. The molecule has 35 heavy (non-hydrogen) atoms. The van der Waals surface area contributed by atoms with Crippen LogP contribution in [0.2, 0.25) is 0 Å². The molecule has 3 N–H and O–H groups in total. The number of hydrogen-bond acceptors (Lipinski definition) is 6. The monoisotopic (exact) mass is 479 g/mol. The molecule has 0 spiro atoms. The molecule has 1 fully saturated rings. The van der Waals surface area contributed by atoms with E-state index in [1.54, 1.807) is 30.5 Å². The summed E-state index contributed by atoms with van der Waals surface area (Å²) >= 11 is 0. The molecule has 1 aromatic heterocycles. The van der Waals surface area contributed by atoms with Gasteiger partial charge in [0.2, 0.25) is 5.95 Å². The molecular weight excluding hydrogens is 455 g/mol. The second-order valence-electron chi connectivity index (χ2n) is 8.70. The quantitative estimate of drug-likeness (QED) is 0.336. The zero-order chi connectivity index (χ0) is 25.1. The molecule has 0 unspecified atom stereocenters. The van der Waals surface area contributed by atoms with Crippen LogP contribution in [-0.4, -0.2) is 16.3 Å². The molecule has 3 aromatic rings. The van der Waals surface area contributed by atoms with Crippen molar-refractivity contribution in [3.05, 3.63) is 76.6 Å². The fourth-order valence-corrected chi connectivity index (χ4v) is 4.35. The average Bonchev–Trinajstić information content (AvgIpc) is 2.80. The number of nitrogens with two attached hydrogens (primary N) is 1. The first kappa shape index (κ1) is 24.2. The number of aromatic nitrogens is 2. The summed E-state index contributed by atoms with van der Waals surface area (Å²) in [6, 6.07) is 12.9. The van der Waals surface area contributed by atoms with E-state index in [4.69, 9.17) is 5.73 Å². The van der Waals surface area contributed by atoms with Crippen LogP contribution in [0, 0.1) is 11.3 Å². The minimum Gasteiger partial charge on any atom is -0.398 e. The fraction of sp³-hybridized carbons (Fsp3) is 0.308. The Kier molecular flexibility index (Phi) is 6.74. The Labute approximate surface area is 201 Å². The summed E-state index contributed by atoms with van der Waals surface area (Å²) in [5.41, 5.74) is 8.15. The summed E-state index contributed by atoms with van der Waals surface area (Å²) in [6.45, 7) is 0. The number of nitrogens with one attached hydrogen (secondary N) is 1. The van der Waals surface area contributed by atoms with Crippen molar-refractivity contribution in [3.8, 4) is 6.07 Å². The van der Waals surface area contributed by atoms with Gasteiger partial charge < -0.3 is 15.8 Å². The molecule has 1 saturated carbocycles. The molecule has 0 bridgehead atoms. The lowest BCUT2D eigenvalue weighted by molar-refractivity contribution is -0.137. The van der Waals surface area contributed by atoms with Crippen LogP contribution in [0.15, 0.2) is 48.7 Å². The van der Waals surface area contributed by atoms with Crippen LogP contribution in [-0.2, 0) is 35.6 Å². The molecule has 0 amide bonds. The maximum Gasteiger partial charge on any atom is 0.416 e. The van der Waals surface area contributed by atoms with E-state index in [0.717, 1.165) is 24.8 Å². The summed E-state index contributed by atoms with van der Waals surface area (Å²) in [4.78, 5) is 19.6. The number of halogens is 3. The number of anilines is 3. The second-order valence-corrected chi connectivity index (χ2v) is 8.70. The van der Waals surface area contributed by atoms with Crippen molar-refractivity contribution in [2.24, 2.45) is 0 Å². The smallest absolute Gasteiger partial charge is 0.398 e. The summed E-state index contributed by atoms with van der Waals surface area (Å²) < 4.78 is 40.1. The van der Waals surface area contributed by atoms with Gasteiger partial charge in [-0.3, -0.25) is 0 Å². The van der Waals surface area contributed by atoms with E-state index >= 15 is 0 Å². The van der Waals surface area contributed by atoms with Gasteiger partial charge in [0.05, 0.1) is 17.0 Å². The molecule has 9 heteroatoms. The number of benzene rings is 2. The maximum absolute atomic E-state index is 13.4. The van der Waals surface area contributed by atoms with Gasteiger partial charge in [0, 0.05) is 29.7 Å². The summed E-state index contributed by atoms with van der Waals surface area (Å²) in [5.74, 6) is 0.320. The number of nitrogens with zero attached hydrogens (tertiary/aromatic N) is 3. The Morgan fingerprint density at radius 1 is 1.11 bits per heavy atom. The Hall–Kier alpha value is -3.93. The topological polar surface area (TPSA) is 105 Å². The Morgan fingerprint density at radius 3 is 2.57 bits per heavy atom. The van der Waals surface area contributed by atoms with Gasteiger partial charge in [-0.1, -0.05) is 6.07 Å². The minimum absolute atomic E-state index is 0.186. The summed E-state index contributed by atoms with van der Waals surface area (Å²) in [7, 11) is 0. The number of rotatable bonds is 8. The molecule has 180 valence electrons. The summed E-state index contributed by atoms with van der Waals surface area (Å²) in [6.07, 6.45) is 0.948. The SMILES string of the molecule is N#CC1(c2ccc(C(F)(F)F)cc2CCc2ccnc(Nc3ccc(N)c(CC=O)c3)n2)CCC1. The molecule has 4 rings (SSSR count). The van der Waals surface area contributed by atoms with Gasteiger partial charge in [-0.2, -0.15) is 18.4 Å². The maximum atomic E-state index is 13.4. The summed E-state index contributed by atoms with van der Waals surface area (Å²) in [5, 5.41) is 12.8. The van der Waals surface area contributed by atoms with Crippen LogP contribution in [0.3, 0.4) is 0 Å². The zero-order valence-corrected chi connectivity index (χ0v) is 18.9. The number of aryl methyl sites for hydroxylation is 2. The molecule has 0 atom stereocenters. The van der Waals surface area contributed by atoms with Gasteiger partial charge in [-0.15, -0.1) is 0 Å². The number of alkyl halides is 3. The highest BCUT2D eigenvalue weighted by Gasteiger charge is 2.41. The highest BCUT2D eigenvalue weighted by atomic mass is 19.4. The fourth-order valence-electron chi connectivity index (χ4n) is 4.35. The Balaban J connectivity index is 1.55. The van der Waals surface area contributed by atoms with E-state index in [0.29, 0.717) is 65.4 Å². The third-order valence-corrected chi connectivity index (χ3v) is 6.44. The number of carbonyl (C=O) groups excluding carboxylic acids is 1. The lowest BCUT2D eigenvalue weighted by atomic mass is 9.64. The highest BCUT2D eigenvalue weighted by Crippen LogP contribution is 2.45. The molecule has 2 aromatic carbocycles. The third-order valence-electron chi connectivity index (χ3n) is 6.44. The van der Waals surface area contributed by atoms with Crippen LogP contribution in [0.5, 0.6) is 0 Å². The third kappa shape index (κ3) is 5.27. The van der Waals surface area contributed by atoms with Crippen LogP contribution in [0.4, 0.5) is 30.5 Å². The number of nitriles is 1. The number of hydrogen-bond donors (Lipinski definition) is 2. The van der Waals surface area contributed by atoms with Crippen molar-refractivity contribution in [3.63, 3.8) is 0 Å². The van der Waals surface area contributed by atoms with Crippen molar-refractivity contribution in [2.45, 2.75) is 50.1 Å². The van der Waals surface area contributed by atoms with E-state index in [-0.39, 0.29) is 6.42 Å². The highest BCUT2D eigenvalue weighted by molar-refractivity contribution is 5.66.